The first-order valence-corrected chi connectivity index (χ1v) is 9.51. The van der Waals surface area contributed by atoms with Crippen molar-refractivity contribution in [2.24, 2.45) is 0 Å². The zero-order valence-corrected chi connectivity index (χ0v) is 15.9. The third-order valence-electron chi connectivity index (χ3n) is 5.35. The number of nitrogens with one attached hydrogen (secondary N) is 1. The molecule has 27 heavy (non-hydrogen) atoms. The molecule has 0 saturated carbocycles. The fraction of sp³-hybridized carbons (Fsp3) is 0.450. The zero-order valence-electron chi connectivity index (χ0n) is 15.9. The second-order valence-electron chi connectivity index (χ2n) is 7.35. The molecule has 2 aromatic rings. The van der Waals surface area contributed by atoms with Gasteiger partial charge in [0.15, 0.2) is 0 Å². The van der Waals surface area contributed by atoms with Gasteiger partial charge in [-0.25, -0.2) is 15.4 Å². The van der Waals surface area contributed by atoms with E-state index < -0.39 is 0 Å². The largest absolute Gasteiger partial charge is 0.338 e. The number of rotatable bonds is 3. The number of hydrazine groups is 1. The van der Waals surface area contributed by atoms with Gasteiger partial charge in [-0.1, -0.05) is 37.3 Å². The van der Waals surface area contributed by atoms with Crippen LogP contribution in [0.3, 0.4) is 0 Å². The maximum absolute atomic E-state index is 12.4. The van der Waals surface area contributed by atoms with Crippen LogP contribution in [0.25, 0.3) is 0 Å². The molecule has 1 atom stereocenters. The molecule has 1 aromatic carbocycles. The summed E-state index contributed by atoms with van der Waals surface area (Å²) in [6, 6.07) is 10.6. The van der Waals surface area contributed by atoms with E-state index in [4.69, 9.17) is 4.98 Å². The van der Waals surface area contributed by atoms with Gasteiger partial charge in [0.2, 0.25) is 5.95 Å². The average molecular weight is 366 g/mol. The lowest BCUT2D eigenvalue weighted by atomic mass is 10.0. The average Bonchev–Trinajstić information content (AvgIpc) is 2.81. The van der Waals surface area contributed by atoms with Crippen LogP contribution in [0.1, 0.15) is 34.5 Å². The molecule has 1 aromatic heterocycles. The van der Waals surface area contributed by atoms with E-state index in [9.17, 15) is 4.79 Å². The number of fused-ring (bicyclic) bond motifs is 1. The number of carbonyl (C=O) groups is 1. The van der Waals surface area contributed by atoms with E-state index in [0.717, 1.165) is 44.4 Å². The molecule has 3 heterocycles. The second kappa shape index (κ2) is 7.62. The summed E-state index contributed by atoms with van der Waals surface area (Å²) >= 11 is 0. The van der Waals surface area contributed by atoms with Crippen LogP contribution < -0.4 is 10.3 Å². The van der Waals surface area contributed by atoms with Crippen molar-refractivity contribution in [3.63, 3.8) is 0 Å². The summed E-state index contributed by atoms with van der Waals surface area (Å²) in [5, 5.41) is 1.52. The van der Waals surface area contributed by atoms with E-state index in [1.807, 2.05) is 0 Å². The first-order chi connectivity index (χ1) is 13.1. The molecule has 0 spiro atoms. The first-order valence-electron chi connectivity index (χ1n) is 9.51. The number of aromatic nitrogens is 2. The Labute approximate surface area is 160 Å². The van der Waals surface area contributed by atoms with Crippen molar-refractivity contribution in [2.75, 3.05) is 44.7 Å². The molecule has 1 N–H and O–H groups in total. The number of piperazine rings is 1. The van der Waals surface area contributed by atoms with E-state index >= 15 is 0 Å². The molecular weight excluding hydrogens is 340 g/mol. The van der Waals surface area contributed by atoms with Gasteiger partial charge in [0.05, 0.1) is 11.3 Å². The molecule has 7 nitrogen and oxygen atoms in total. The number of anilines is 1. The van der Waals surface area contributed by atoms with Crippen LogP contribution in [0, 0.1) is 0 Å². The number of amides is 1. The van der Waals surface area contributed by atoms with Gasteiger partial charge in [-0.2, -0.15) is 0 Å². The highest BCUT2D eigenvalue weighted by Crippen LogP contribution is 2.23. The van der Waals surface area contributed by atoms with Crippen molar-refractivity contribution in [3.8, 4) is 0 Å². The van der Waals surface area contributed by atoms with E-state index in [1.54, 1.807) is 13.2 Å². The van der Waals surface area contributed by atoms with Gasteiger partial charge in [-0.15, -0.1) is 0 Å². The standard InChI is InChI=1S/C20H26N6O/c1-15-12-22-24(2)19(27)17-13-21-20(23-18(15)17)26-10-8-25(9-11-26)14-16-6-4-3-5-7-16/h3-7,13,15,22H,8-12,14H2,1-2H3. The van der Waals surface area contributed by atoms with E-state index in [2.05, 4.69) is 57.5 Å². The summed E-state index contributed by atoms with van der Waals surface area (Å²) in [6.45, 7) is 7.51. The zero-order chi connectivity index (χ0) is 18.8. The van der Waals surface area contributed by atoms with Crippen molar-refractivity contribution in [1.82, 2.24) is 25.3 Å². The molecule has 1 unspecified atom stereocenters. The topological polar surface area (TPSA) is 64.6 Å². The van der Waals surface area contributed by atoms with Crippen molar-refractivity contribution in [2.45, 2.75) is 19.4 Å². The molecule has 0 aliphatic carbocycles. The number of carbonyl (C=O) groups excluding carboxylic acids is 1. The van der Waals surface area contributed by atoms with Crippen LogP contribution in [-0.2, 0) is 6.54 Å². The van der Waals surface area contributed by atoms with Gasteiger partial charge in [-0.05, 0) is 5.56 Å². The van der Waals surface area contributed by atoms with E-state index in [1.165, 1.54) is 10.6 Å². The van der Waals surface area contributed by atoms with Gasteiger partial charge in [0, 0.05) is 58.4 Å². The molecule has 7 heteroatoms. The number of hydrogen-bond donors (Lipinski definition) is 1. The van der Waals surface area contributed by atoms with Gasteiger partial charge >= 0.3 is 0 Å². The first kappa shape index (κ1) is 17.9. The van der Waals surface area contributed by atoms with Crippen molar-refractivity contribution < 1.29 is 4.79 Å². The fourth-order valence-corrected chi connectivity index (χ4v) is 3.65. The van der Waals surface area contributed by atoms with Crippen LogP contribution in [-0.4, -0.2) is 65.6 Å². The molecule has 2 aliphatic heterocycles. The van der Waals surface area contributed by atoms with Crippen LogP contribution in [0.2, 0.25) is 0 Å². The Balaban J connectivity index is 1.45. The lowest BCUT2D eigenvalue weighted by Crippen LogP contribution is -2.46. The van der Waals surface area contributed by atoms with Gasteiger partial charge in [0.25, 0.3) is 5.91 Å². The van der Waals surface area contributed by atoms with Crippen molar-refractivity contribution >= 4 is 11.9 Å². The van der Waals surface area contributed by atoms with Crippen molar-refractivity contribution in [1.29, 1.82) is 0 Å². The molecule has 2 aliphatic rings. The predicted octanol–water partition coefficient (Wildman–Crippen LogP) is 1.49. The quantitative estimate of drug-likeness (QED) is 0.888. The van der Waals surface area contributed by atoms with Crippen LogP contribution in [0.5, 0.6) is 0 Å². The third kappa shape index (κ3) is 3.79. The molecular formula is C20H26N6O. The summed E-state index contributed by atoms with van der Waals surface area (Å²) in [5.41, 5.74) is 5.90. The number of nitrogens with zero attached hydrogens (tertiary/aromatic N) is 5. The molecule has 1 fully saturated rings. The molecule has 1 amide bonds. The summed E-state index contributed by atoms with van der Waals surface area (Å²) in [4.78, 5) is 26.4. The van der Waals surface area contributed by atoms with E-state index in [0.29, 0.717) is 12.1 Å². The van der Waals surface area contributed by atoms with Gasteiger partial charge < -0.3 is 4.90 Å². The van der Waals surface area contributed by atoms with Gasteiger partial charge in [0.1, 0.15) is 0 Å². The summed E-state index contributed by atoms with van der Waals surface area (Å²) < 4.78 is 0. The Bertz CT molecular complexity index is 803. The normalized spacial score (nSPS) is 21.1. The molecule has 142 valence electrons. The minimum atomic E-state index is -0.0754. The molecule has 4 rings (SSSR count). The number of hydrogen-bond acceptors (Lipinski definition) is 6. The monoisotopic (exact) mass is 366 g/mol. The predicted molar refractivity (Wildman–Crippen MR) is 104 cm³/mol. The van der Waals surface area contributed by atoms with Crippen LogP contribution in [0.4, 0.5) is 5.95 Å². The number of benzene rings is 1. The smallest absolute Gasteiger partial charge is 0.271 e. The van der Waals surface area contributed by atoms with Crippen molar-refractivity contribution in [3.05, 3.63) is 53.3 Å². The summed E-state index contributed by atoms with van der Waals surface area (Å²) in [7, 11) is 1.74. The Morgan fingerprint density at radius 3 is 2.63 bits per heavy atom. The minimum absolute atomic E-state index is 0.0754. The highest BCUT2D eigenvalue weighted by molar-refractivity contribution is 5.95. The maximum Gasteiger partial charge on any atom is 0.271 e. The fourth-order valence-electron chi connectivity index (χ4n) is 3.65. The van der Waals surface area contributed by atoms with Crippen LogP contribution in [0.15, 0.2) is 36.5 Å². The highest BCUT2D eigenvalue weighted by atomic mass is 16.2. The van der Waals surface area contributed by atoms with Crippen LogP contribution >= 0.6 is 0 Å². The lowest BCUT2D eigenvalue weighted by Gasteiger charge is -2.35. The molecule has 0 radical (unpaired) electrons. The molecule has 1 saturated heterocycles. The highest BCUT2D eigenvalue weighted by Gasteiger charge is 2.27. The Kier molecular flexibility index (Phi) is 5.05. The SMILES string of the molecule is CC1CNN(C)C(=O)c2cnc(N3CCN(Cc4ccccc4)CC3)nc21. The summed E-state index contributed by atoms with van der Waals surface area (Å²) in [5.74, 6) is 0.820. The third-order valence-corrected chi connectivity index (χ3v) is 5.35. The Hall–Kier alpha value is -2.51. The van der Waals surface area contributed by atoms with Gasteiger partial charge in [-0.3, -0.25) is 14.7 Å². The molecule has 0 bridgehead atoms. The lowest BCUT2D eigenvalue weighted by molar-refractivity contribution is 0.0725. The second-order valence-corrected chi connectivity index (χ2v) is 7.35. The Morgan fingerprint density at radius 1 is 1.15 bits per heavy atom. The maximum atomic E-state index is 12.4. The Morgan fingerprint density at radius 2 is 1.89 bits per heavy atom. The minimum Gasteiger partial charge on any atom is -0.338 e. The summed E-state index contributed by atoms with van der Waals surface area (Å²) in [6.07, 6.45) is 1.69. The van der Waals surface area contributed by atoms with E-state index in [-0.39, 0.29) is 11.8 Å².